The summed E-state index contributed by atoms with van der Waals surface area (Å²) in [5, 5.41) is 7.40. The van der Waals surface area contributed by atoms with Crippen LogP contribution in [-0.2, 0) is 11.2 Å². The van der Waals surface area contributed by atoms with Crippen LogP contribution in [0.3, 0.4) is 0 Å². The molecule has 0 unspecified atom stereocenters. The number of fused-ring (bicyclic) bond motifs is 1. The van der Waals surface area contributed by atoms with Crippen LogP contribution < -0.4 is 5.32 Å². The fourth-order valence-corrected chi connectivity index (χ4v) is 3.30. The number of benzene rings is 2. The van der Waals surface area contributed by atoms with E-state index in [1.54, 1.807) is 4.52 Å². The average molecular weight is 389 g/mol. The summed E-state index contributed by atoms with van der Waals surface area (Å²) in [6, 6.07) is 13.6. The van der Waals surface area contributed by atoms with Crippen LogP contribution in [0, 0.1) is 26.6 Å². The number of nitrogens with one attached hydrogen (secondary N) is 1. The number of rotatable bonds is 4. The van der Waals surface area contributed by atoms with Crippen LogP contribution in [0.15, 0.2) is 48.5 Å². The maximum atomic E-state index is 13.0. The number of amides is 1. The maximum Gasteiger partial charge on any atom is 0.253 e. The highest BCUT2D eigenvalue weighted by Crippen LogP contribution is 2.22. The Morgan fingerprint density at radius 2 is 1.76 bits per heavy atom. The van der Waals surface area contributed by atoms with Gasteiger partial charge in [0.05, 0.1) is 6.42 Å². The Morgan fingerprint density at radius 1 is 1.03 bits per heavy atom. The molecule has 1 amide bonds. The van der Waals surface area contributed by atoms with Gasteiger partial charge >= 0.3 is 0 Å². The van der Waals surface area contributed by atoms with Crippen molar-refractivity contribution in [3.63, 3.8) is 0 Å². The monoisotopic (exact) mass is 389 g/mol. The van der Waals surface area contributed by atoms with Crippen molar-refractivity contribution in [1.82, 2.24) is 19.6 Å². The van der Waals surface area contributed by atoms with Crippen LogP contribution in [0.2, 0.25) is 0 Å². The molecule has 0 aliphatic carbocycles. The fourth-order valence-electron chi connectivity index (χ4n) is 3.30. The van der Waals surface area contributed by atoms with Gasteiger partial charge in [-0.2, -0.15) is 4.98 Å². The second-order valence-corrected chi connectivity index (χ2v) is 6.96. The smallest absolute Gasteiger partial charge is 0.253 e. The Kier molecular flexibility index (Phi) is 4.80. The van der Waals surface area contributed by atoms with E-state index in [2.05, 4.69) is 20.4 Å². The molecule has 1 N–H and O–H groups in total. The lowest BCUT2D eigenvalue weighted by atomic mass is 10.1. The van der Waals surface area contributed by atoms with E-state index in [1.807, 2.05) is 45.0 Å². The van der Waals surface area contributed by atoms with Gasteiger partial charge in [0.25, 0.3) is 5.78 Å². The molecule has 0 aliphatic rings. The minimum atomic E-state index is -0.347. The van der Waals surface area contributed by atoms with E-state index in [-0.39, 0.29) is 18.1 Å². The molecule has 2 heterocycles. The lowest BCUT2D eigenvalue weighted by Gasteiger charge is -2.10. The van der Waals surface area contributed by atoms with Gasteiger partial charge in [0.2, 0.25) is 5.91 Å². The number of aryl methyl sites for hydroxylation is 3. The minimum absolute atomic E-state index is 0.136. The van der Waals surface area contributed by atoms with Gasteiger partial charge in [-0.15, -0.1) is 5.10 Å². The zero-order valence-electron chi connectivity index (χ0n) is 16.4. The maximum absolute atomic E-state index is 13.0. The van der Waals surface area contributed by atoms with Crippen LogP contribution in [0.5, 0.6) is 0 Å². The SMILES string of the molecule is Cc1ccccc1-c1nc2nc(C)c(CC(=O)Nc3ccc(F)cc3)c(C)n2n1. The highest BCUT2D eigenvalue weighted by Gasteiger charge is 2.17. The minimum Gasteiger partial charge on any atom is -0.326 e. The number of halogens is 1. The Balaban J connectivity index is 1.65. The predicted octanol–water partition coefficient (Wildman–Crippen LogP) is 4.04. The summed E-state index contributed by atoms with van der Waals surface area (Å²) in [6.45, 7) is 5.77. The summed E-state index contributed by atoms with van der Waals surface area (Å²) in [6.07, 6.45) is 0.136. The topological polar surface area (TPSA) is 72.2 Å². The summed E-state index contributed by atoms with van der Waals surface area (Å²) in [4.78, 5) is 21.6. The van der Waals surface area contributed by atoms with E-state index < -0.39 is 0 Å². The summed E-state index contributed by atoms with van der Waals surface area (Å²) in [5.74, 6) is 0.551. The quantitative estimate of drug-likeness (QED) is 0.572. The number of hydrogen-bond acceptors (Lipinski definition) is 4. The van der Waals surface area contributed by atoms with Gasteiger partial charge in [0.1, 0.15) is 5.82 Å². The summed E-state index contributed by atoms with van der Waals surface area (Å²) < 4.78 is 14.7. The average Bonchev–Trinajstić information content (AvgIpc) is 3.11. The van der Waals surface area contributed by atoms with E-state index in [1.165, 1.54) is 24.3 Å². The first-order valence-electron chi connectivity index (χ1n) is 9.26. The molecule has 146 valence electrons. The second kappa shape index (κ2) is 7.43. The van der Waals surface area contributed by atoms with E-state index in [4.69, 9.17) is 0 Å². The van der Waals surface area contributed by atoms with Gasteiger partial charge in [-0.25, -0.2) is 13.9 Å². The van der Waals surface area contributed by atoms with E-state index >= 15 is 0 Å². The van der Waals surface area contributed by atoms with Crippen LogP contribution in [0.25, 0.3) is 17.2 Å². The molecule has 4 rings (SSSR count). The largest absolute Gasteiger partial charge is 0.326 e. The second-order valence-electron chi connectivity index (χ2n) is 6.96. The fraction of sp³-hybridized carbons (Fsp3) is 0.182. The van der Waals surface area contributed by atoms with Crippen molar-refractivity contribution >= 4 is 17.4 Å². The van der Waals surface area contributed by atoms with Crippen molar-refractivity contribution in [2.24, 2.45) is 0 Å². The molecule has 0 aliphatic heterocycles. The van der Waals surface area contributed by atoms with Crippen LogP contribution in [0.4, 0.5) is 10.1 Å². The highest BCUT2D eigenvalue weighted by molar-refractivity contribution is 5.92. The molecule has 0 saturated heterocycles. The van der Waals surface area contributed by atoms with Crippen molar-refractivity contribution in [1.29, 1.82) is 0 Å². The Morgan fingerprint density at radius 3 is 2.48 bits per heavy atom. The lowest BCUT2D eigenvalue weighted by molar-refractivity contribution is -0.115. The van der Waals surface area contributed by atoms with Crippen LogP contribution in [-0.4, -0.2) is 25.5 Å². The predicted molar refractivity (Wildman–Crippen MR) is 109 cm³/mol. The van der Waals surface area contributed by atoms with Crippen LogP contribution in [0.1, 0.15) is 22.5 Å². The summed E-state index contributed by atoms with van der Waals surface area (Å²) in [5.41, 5.74) is 4.91. The number of anilines is 1. The normalized spacial score (nSPS) is 11.0. The molecule has 0 radical (unpaired) electrons. The van der Waals surface area contributed by atoms with Crippen molar-refractivity contribution in [2.45, 2.75) is 27.2 Å². The number of hydrogen-bond donors (Lipinski definition) is 1. The van der Waals surface area contributed by atoms with Gasteiger partial charge in [0, 0.05) is 28.2 Å². The molecule has 0 atom stereocenters. The number of nitrogens with zero attached hydrogens (tertiary/aromatic N) is 4. The third kappa shape index (κ3) is 3.71. The molecule has 7 heteroatoms. The molecular formula is C22H20FN5O. The lowest BCUT2D eigenvalue weighted by Crippen LogP contribution is -2.17. The summed E-state index contributed by atoms with van der Waals surface area (Å²) >= 11 is 0. The van der Waals surface area contributed by atoms with Crippen molar-refractivity contribution in [2.75, 3.05) is 5.32 Å². The van der Waals surface area contributed by atoms with Gasteiger partial charge in [-0.05, 0) is 50.6 Å². The highest BCUT2D eigenvalue weighted by atomic mass is 19.1. The van der Waals surface area contributed by atoms with Crippen LogP contribution >= 0.6 is 0 Å². The first-order chi connectivity index (χ1) is 13.9. The Hall–Kier alpha value is -3.61. The first-order valence-corrected chi connectivity index (χ1v) is 9.26. The molecule has 4 aromatic rings. The number of aromatic nitrogens is 4. The Labute approximate surface area is 167 Å². The van der Waals surface area contributed by atoms with Crippen molar-refractivity contribution in [3.8, 4) is 11.4 Å². The van der Waals surface area contributed by atoms with E-state index in [9.17, 15) is 9.18 Å². The summed E-state index contributed by atoms with van der Waals surface area (Å²) in [7, 11) is 0. The van der Waals surface area contributed by atoms with Gasteiger partial charge in [0.15, 0.2) is 5.82 Å². The molecule has 29 heavy (non-hydrogen) atoms. The Bertz CT molecular complexity index is 1210. The zero-order valence-corrected chi connectivity index (χ0v) is 16.4. The number of carbonyl (C=O) groups excluding carboxylic acids is 1. The van der Waals surface area contributed by atoms with Gasteiger partial charge in [-0.1, -0.05) is 24.3 Å². The molecule has 2 aromatic heterocycles. The van der Waals surface area contributed by atoms with E-state index in [0.29, 0.717) is 17.3 Å². The molecule has 0 saturated carbocycles. The number of carbonyl (C=O) groups is 1. The molecule has 6 nitrogen and oxygen atoms in total. The third-order valence-corrected chi connectivity index (χ3v) is 4.90. The van der Waals surface area contributed by atoms with Crippen molar-refractivity contribution < 1.29 is 9.18 Å². The molecule has 2 aromatic carbocycles. The standard InChI is InChI=1S/C22H20FN5O/c1-13-6-4-5-7-18(13)21-26-22-24-14(2)19(15(3)28(22)27-21)12-20(29)25-17-10-8-16(23)9-11-17/h4-11H,12H2,1-3H3,(H,25,29). The van der Waals surface area contributed by atoms with E-state index in [0.717, 1.165) is 28.1 Å². The van der Waals surface area contributed by atoms with Gasteiger partial charge in [-0.3, -0.25) is 4.79 Å². The molecule has 0 spiro atoms. The third-order valence-electron chi connectivity index (χ3n) is 4.90. The zero-order chi connectivity index (χ0) is 20.5. The molecule has 0 bridgehead atoms. The van der Waals surface area contributed by atoms with Crippen molar-refractivity contribution in [3.05, 3.63) is 76.9 Å². The molecule has 0 fully saturated rings. The molecular weight excluding hydrogens is 369 g/mol. The first kappa shape index (κ1) is 18.7. The van der Waals surface area contributed by atoms with Gasteiger partial charge < -0.3 is 5.32 Å².